The quantitative estimate of drug-likeness (QED) is 0.271. The molecule has 1 aliphatic carbocycles. The number of rotatable bonds is 9. The fraction of sp³-hybridized carbons (Fsp3) is 0.462. The van der Waals surface area contributed by atoms with Crippen molar-refractivity contribution >= 4 is 23.7 Å². The minimum Gasteiger partial charge on any atom is -0.489 e. The number of pyridine rings is 1. The number of hydrogen-bond acceptors (Lipinski definition) is 5. The van der Waals surface area contributed by atoms with Crippen molar-refractivity contribution in [2.24, 2.45) is 16.7 Å². The first-order valence-corrected chi connectivity index (χ1v) is 11.3. The van der Waals surface area contributed by atoms with Crippen molar-refractivity contribution in [3.05, 3.63) is 58.4 Å². The molecule has 1 heterocycles. The number of aryl methyl sites for hydroxylation is 1. The van der Waals surface area contributed by atoms with Gasteiger partial charge >= 0.3 is 0 Å². The number of benzene rings is 1. The predicted molar refractivity (Wildman–Crippen MR) is 124 cm³/mol. The number of ether oxygens (including phenoxy) is 1. The van der Waals surface area contributed by atoms with Crippen LogP contribution in [-0.4, -0.2) is 23.2 Å². The Morgan fingerprint density at radius 3 is 2.50 bits per heavy atom. The predicted octanol–water partition coefficient (Wildman–Crippen LogP) is 5.83. The Bertz CT molecular complexity index is 1020. The Labute approximate surface area is 194 Å². The maximum Gasteiger partial charge on any atom is 0.164 e. The highest BCUT2D eigenvalue weighted by Gasteiger charge is 2.63. The van der Waals surface area contributed by atoms with Crippen LogP contribution in [0, 0.1) is 28.1 Å². The summed E-state index contributed by atoms with van der Waals surface area (Å²) in [6, 6.07) is 10.8. The number of carbonyl (C=O) groups excluding carboxylic acids is 2. The zero-order valence-corrected chi connectivity index (χ0v) is 19.8. The average molecular weight is 453 g/mol. The Morgan fingerprint density at radius 2 is 1.94 bits per heavy atom. The lowest BCUT2D eigenvalue weighted by Gasteiger charge is -2.63. The normalized spacial score (nSPS) is 20.6. The van der Waals surface area contributed by atoms with Gasteiger partial charge in [-0.3, -0.25) is 9.78 Å². The first-order valence-electron chi connectivity index (χ1n) is 10.9. The maximum absolute atomic E-state index is 13.0. The molecular weight excluding hydrogens is 424 g/mol. The number of aldehydes is 1. The minimum atomic E-state index is -0.221. The summed E-state index contributed by atoms with van der Waals surface area (Å²) >= 11 is 6.16. The number of unbranched alkanes of at least 4 members (excludes halogenated alkanes) is 1. The monoisotopic (exact) mass is 452 g/mol. The average Bonchev–Trinajstić information content (AvgIpc) is 2.76. The van der Waals surface area contributed by atoms with Gasteiger partial charge in [-0.25, -0.2) is 0 Å². The molecule has 32 heavy (non-hydrogen) atoms. The van der Waals surface area contributed by atoms with Crippen LogP contribution < -0.4 is 4.74 Å². The van der Waals surface area contributed by atoms with Crippen molar-refractivity contribution in [2.45, 2.75) is 59.5 Å². The number of carbonyl (C=O) groups is 2. The molecule has 0 unspecified atom stereocenters. The first-order chi connectivity index (χ1) is 15.1. The van der Waals surface area contributed by atoms with E-state index in [4.69, 9.17) is 21.6 Å². The van der Waals surface area contributed by atoms with Gasteiger partial charge in [-0.15, -0.1) is 0 Å². The summed E-state index contributed by atoms with van der Waals surface area (Å²) in [5.74, 6) is 0.830. The Balaban J connectivity index is 1.67. The summed E-state index contributed by atoms with van der Waals surface area (Å²) in [6.45, 7) is 8.50. The van der Waals surface area contributed by atoms with Crippen molar-refractivity contribution in [1.29, 1.82) is 5.26 Å². The van der Waals surface area contributed by atoms with Crippen LogP contribution in [0.25, 0.3) is 0 Å². The fourth-order valence-electron chi connectivity index (χ4n) is 5.22. The lowest BCUT2D eigenvalue weighted by Crippen LogP contribution is -2.66. The second-order valence-electron chi connectivity index (χ2n) is 9.67. The third kappa shape index (κ3) is 4.71. The summed E-state index contributed by atoms with van der Waals surface area (Å²) in [5.41, 5.74) is 1.47. The molecule has 168 valence electrons. The lowest BCUT2D eigenvalue weighted by molar-refractivity contribution is -0.196. The molecular formula is C26H29ClN2O3. The number of hydrogen-bond donors (Lipinski definition) is 0. The molecule has 2 aromatic rings. The number of halogens is 1. The van der Waals surface area contributed by atoms with Crippen molar-refractivity contribution in [3.8, 4) is 11.8 Å². The molecule has 1 aliphatic rings. The summed E-state index contributed by atoms with van der Waals surface area (Å²) < 4.78 is 6.30. The van der Waals surface area contributed by atoms with Gasteiger partial charge in [0.1, 0.15) is 24.2 Å². The van der Waals surface area contributed by atoms with Crippen molar-refractivity contribution in [3.63, 3.8) is 0 Å². The van der Waals surface area contributed by atoms with Gasteiger partial charge in [0.25, 0.3) is 0 Å². The molecule has 1 aromatic heterocycles. The van der Waals surface area contributed by atoms with Crippen molar-refractivity contribution < 1.29 is 14.3 Å². The van der Waals surface area contributed by atoms with E-state index in [-0.39, 0.29) is 28.6 Å². The summed E-state index contributed by atoms with van der Waals surface area (Å²) in [5, 5.41) is 9.44. The molecule has 0 aliphatic heterocycles. The van der Waals surface area contributed by atoms with Gasteiger partial charge in [-0.2, -0.15) is 5.26 Å². The smallest absolute Gasteiger partial charge is 0.164 e. The minimum absolute atomic E-state index is 0.0722. The second-order valence-corrected chi connectivity index (χ2v) is 10.1. The zero-order chi connectivity index (χ0) is 23.5. The molecule has 5 nitrogen and oxygen atoms in total. The molecule has 1 fully saturated rings. The molecule has 3 rings (SSSR count). The van der Waals surface area contributed by atoms with E-state index >= 15 is 0 Å². The van der Waals surface area contributed by atoms with Crippen LogP contribution in [0.1, 0.15) is 68.6 Å². The Kier molecular flexibility index (Phi) is 7.05. The topological polar surface area (TPSA) is 80.1 Å². The van der Waals surface area contributed by atoms with E-state index < -0.39 is 0 Å². The van der Waals surface area contributed by atoms with Crippen LogP contribution >= 0.6 is 11.6 Å². The molecule has 1 aromatic carbocycles. The molecule has 0 N–H and O–H groups in total. The number of ketones is 1. The van der Waals surface area contributed by atoms with Gasteiger partial charge in [0, 0.05) is 47.2 Å². The van der Waals surface area contributed by atoms with Gasteiger partial charge in [-0.05, 0) is 43.0 Å². The van der Waals surface area contributed by atoms with Crippen LogP contribution in [-0.2, 0) is 11.2 Å². The highest BCUT2D eigenvalue weighted by molar-refractivity contribution is 6.31. The van der Waals surface area contributed by atoms with Gasteiger partial charge in [-0.1, -0.05) is 39.3 Å². The standard InChI is InChI=1S/C26H29ClN2O3/c1-25(2)23(14-22(31)18-8-10-19(29-16-18)7-5-6-12-30)26(3,4)24(25)32-20-11-9-17(15-28)21(27)13-20/h8-13,16,23-24H,5-7,14H2,1-4H3. The van der Waals surface area contributed by atoms with E-state index in [1.165, 1.54) is 0 Å². The molecule has 0 atom stereocenters. The molecule has 6 heteroatoms. The summed E-state index contributed by atoms with van der Waals surface area (Å²) in [7, 11) is 0. The highest BCUT2D eigenvalue weighted by atomic mass is 35.5. The lowest BCUT2D eigenvalue weighted by atomic mass is 9.44. The van der Waals surface area contributed by atoms with Gasteiger partial charge < -0.3 is 9.53 Å². The van der Waals surface area contributed by atoms with E-state index in [2.05, 4.69) is 38.7 Å². The first kappa shape index (κ1) is 23.9. The van der Waals surface area contributed by atoms with Gasteiger partial charge in [0.15, 0.2) is 5.78 Å². The van der Waals surface area contributed by atoms with Gasteiger partial charge in [0.05, 0.1) is 10.6 Å². The third-order valence-corrected chi connectivity index (χ3v) is 7.07. The van der Waals surface area contributed by atoms with E-state index in [0.29, 0.717) is 34.7 Å². The van der Waals surface area contributed by atoms with Crippen LogP contribution in [0.3, 0.4) is 0 Å². The zero-order valence-electron chi connectivity index (χ0n) is 19.0. The van der Waals surface area contributed by atoms with Crippen LogP contribution in [0.15, 0.2) is 36.5 Å². The van der Waals surface area contributed by atoms with E-state index in [1.54, 1.807) is 24.4 Å². The SMILES string of the molecule is CC1(C)C(CC(=O)c2ccc(CCCC=O)nc2)C(C)(C)C1Oc1ccc(C#N)c(Cl)c1. The van der Waals surface area contributed by atoms with Crippen molar-refractivity contribution in [2.75, 3.05) is 0 Å². The number of nitrogens with zero attached hydrogens (tertiary/aromatic N) is 2. The van der Waals surface area contributed by atoms with Crippen molar-refractivity contribution in [1.82, 2.24) is 4.98 Å². The molecule has 1 saturated carbocycles. The molecule has 0 saturated heterocycles. The van der Waals surface area contributed by atoms with E-state index in [9.17, 15) is 9.59 Å². The molecule has 0 amide bonds. The molecule has 0 spiro atoms. The molecule has 0 bridgehead atoms. The van der Waals surface area contributed by atoms with Crippen LogP contribution in [0.4, 0.5) is 0 Å². The summed E-state index contributed by atoms with van der Waals surface area (Å²) in [6.07, 6.45) is 4.88. The number of aromatic nitrogens is 1. The number of Topliss-reactive ketones (excluding diaryl/α,β-unsaturated/α-hetero) is 1. The maximum atomic E-state index is 13.0. The fourth-order valence-corrected chi connectivity index (χ4v) is 5.43. The Hall–Kier alpha value is -2.71. The van der Waals surface area contributed by atoms with E-state index in [1.807, 2.05) is 12.1 Å². The second kappa shape index (κ2) is 9.42. The summed E-state index contributed by atoms with van der Waals surface area (Å²) in [4.78, 5) is 27.8. The highest BCUT2D eigenvalue weighted by Crippen LogP contribution is 2.61. The number of nitriles is 1. The van der Waals surface area contributed by atoms with Crippen LogP contribution in [0.2, 0.25) is 5.02 Å². The largest absolute Gasteiger partial charge is 0.489 e. The van der Waals surface area contributed by atoms with E-state index in [0.717, 1.165) is 24.8 Å². The van der Waals surface area contributed by atoms with Crippen LogP contribution in [0.5, 0.6) is 5.75 Å². The van der Waals surface area contributed by atoms with Gasteiger partial charge in [0.2, 0.25) is 0 Å². The third-order valence-electron chi connectivity index (χ3n) is 6.75. The Morgan fingerprint density at radius 1 is 1.22 bits per heavy atom. The molecule has 0 radical (unpaired) electrons.